The maximum absolute atomic E-state index is 9.51. The molecule has 2 fully saturated rings. The monoisotopic (exact) mass is 339 g/mol. The molecule has 3 unspecified atom stereocenters. The molecule has 3 rings (SSSR count). The van der Waals surface area contributed by atoms with Crippen molar-refractivity contribution in [3.63, 3.8) is 0 Å². The third-order valence-electron chi connectivity index (χ3n) is 5.29. The number of aromatic nitrogens is 1. The first-order valence-electron chi connectivity index (χ1n) is 8.77. The maximum atomic E-state index is 9.51. The Kier molecular flexibility index (Phi) is 6.04. The molecule has 0 saturated carbocycles. The highest BCUT2D eigenvalue weighted by Gasteiger charge is 2.31. The first-order valence-corrected chi connectivity index (χ1v) is 9.65. The number of hydrogen-bond donors (Lipinski definition) is 1. The highest BCUT2D eigenvalue weighted by Crippen LogP contribution is 2.26. The van der Waals surface area contributed by atoms with Crippen LogP contribution in [0.15, 0.2) is 5.38 Å². The highest BCUT2D eigenvalue weighted by atomic mass is 32.1. The van der Waals surface area contributed by atoms with Gasteiger partial charge in [-0.2, -0.15) is 0 Å². The van der Waals surface area contributed by atoms with Gasteiger partial charge in [-0.1, -0.05) is 0 Å². The van der Waals surface area contributed by atoms with Gasteiger partial charge < -0.3 is 9.84 Å². The van der Waals surface area contributed by atoms with Crippen molar-refractivity contribution in [3.8, 4) is 0 Å². The van der Waals surface area contributed by atoms with Crippen molar-refractivity contribution in [3.05, 3.63) is 16.1 Å². The minimum absolute atomic E-state index is 0.0815. The SMILES string of the molecule is COC(C)c1nc(CN2CCCC2CN2CCCC2CO)cs1. The van der Waals surface area contributed by atoms with Crippen LogP contribution < -0.4 is 0 Å². The van der Waals surface area contributed by atoms with Gasteiger partial charge in [0.1, 0.15) is 11.1 Å². The molecule has 3 heterocycles. The first kappa shape index (κ1) is 17.3. The number of hydrogen-bond acceptors (Lipinski definition) is 6. The number of thiazole rings is 1. The van der Waals surface area contributed by atoms with E-state index in [1.807, 2.05) is 6.92 Å². The number of ether oxygens (including phenoxy) is 1. The molecule has 2 aliphatic rings. The standard InChI is InChI=1S/C17H29N3O2S/c1-13(22-2)17-18-14(12-23-17)9-19-7-3-5-15(19)10-20-8-4-6-16(20)11-21/h12-13,15-16,21H,3-11H2,1-2H3. The Morgan fingerprint density at radius 2 is 2.04 bits per heavy atom. The van der Waals surface area contributed by atoms with Gasteiger partial charge in [0.05, 0.1) is 12.3 Å². The smallest absolute Gasteiger partial charge is 0.122 e. The fourth-order valence-corrected chi connectivity index (χ4v) is 4.66. The van der Waals surface area contributed by atoms with Crippen LogP contribution in [0.3, 0.4) is 0 Å². The van der Waals surface area contributed by atoms with Crippen LogP contribution in [0.5, 0.6) is 0 Å². The van der Waals surface area contributed by atoms with E-state index in [1.54, 1.807) is 18.4 Å². The molecule has 1 aromatic heterocycles. The van der Waals surface area contributed by atoms with Crippen LogP contribution >= 0.6 is 11.3 Å². The lowest BCUT2D eigenvalue weighted by Crippen LogP contribution is -2.43. The van der Waals surface area contributed by atoms with E-state index in [-0.39, 0.29) is 6.10 Å². The molecule has 0 amide bonds. The number of methoxy groups -OCH3 is 1. The number of rotatable bonds is 7. The molecule has 23 heavy (non-hydrogen) atoms. The van der Waals surface area contributed by atoms with E-state index >= 15 is 0 Å². The second-order valence-electron chi connectivity index (χ2n) is 6.80. The van der Waals surface area contributed by atoms with Gasteiger partial charge in [-0.05, 0) is 45.7 Å². The Morgan fingerprint density at radius 1 is 1.30 bits per heavy atom. The lowest BCUT2D eigenvalue weighted by Gasteiger charge is -2.31. The largest absolute Gasteiger partial charge is 0.395 e. The number of aliphatic hydroxyl groups is 1. The van der Waals surface area contributed by atoms with Gasteiger partial charge in [0.2, 0.25) is 0 Å². The van der Waals surface area contributed by atoms with E-state index in [1.165, 1.54) is 25.0 Å². The van der Waals surface area contributed by atoms with Gasteiger partial charge in [0, 0.05) is 37.7 Å². The van der Waals surface area contributed by atoms with E-state index in [2.05, 4.69) is 15.2 Å². The third-order valence-corrected chi connectivity index (χ3v) is 6.34. The zero-order chi connectivity index (χ0) is 16.2. The third kappa shape index (κ3) is 4.12. The molecular weight excluding hydrogens is 310 g/mol. The van der Waals surface area contributed by atoms with Gasteiger partial charge in [0.25, 0.3) is 0 Å². The zero-order valence-corrected chi connectivity index (χ0v) is 15.1. The first-order chi connectivity index (χ1) is 11.2. The Labute approximate surface area is 143 Å². The number of aliphatic hydroxyl groups excluding tert-OH is 1. The average Bonchev–Trinajstić information content (AvgIpc) is 3.29. The Morgan fingerprint density at radius 3 is 2.78 bits per heavy atom. The lowest BCUT2D eigenvalue weighted by atomic mass is 10.2. The van der Waals surface area contributed by atoms with Crippen molar-refractivity contribution >= 4 is 11.3 Å². The van der Waals surface area contributed by atoms with E-state index in [0.29, 0.717) is 18.7 Å². The fraction of sp³-hybridized carbons (Fsp3) is 0.824. The van der Waals surface area contributed by atoms with Gasteiger partial charge in [-0.15, -0.1) is 11.3 Å². The summed E-state index contributed by atoms with van der Waals surface area (Å²) in [6.07, 6.45) is 4.99. The molecular formula is C17H29N3O2S. The summed E-state index contributed by atoms with van der Waals surface area (Å²) >= 11 is 1.70. The van der Waals surface area contributed by atoms with Crippen LogP contribution in [0.4, 0.5) is 0 Å². The molecule has 1 N–H and O–H groups in total. The minimum Gasteiger partial charge on any atom is -0.395 e. The topological polar surface area (TPSA) is 48.8 Å². The van der Waals surface area contributed by atoms with Crippen molar-refractivity contribution in [2.45, 2.75) is 57.3 Å². The predicted molar refractivity (Wildman–Crippen MR) is 92.7 cm³/mol. The van der Waals surface area contributed by atoms with Crippen LogP contribution in [0.1, 0.15) is 49.4 Å². The molecule has 5 nitrogen and oxygen atoms in total. The van der Waals surface area contributed by atoms with Crippen molar-refractivity contribution < 1.29 is 9.84 Å². The molecule has 0 radical (unpaired) electrons. The van der Waals surface area contributed by atoms with Gasteiger partial charge >= 0.3 is 0 Å². The summed E-state index contributed by atoms with van der Waals surface area (Å²) < 4.78 is 5.36. The zero-order valence-electron chi connectivity index (χ0n) is 14.3. The summed E-state index contributed by atoms with van der Waals surface area (Å²) in [6.45, 7) is 6.68. The Balaban J connectivity index is 1.57. The summed E-state index contributed by atoms with van der Waals surface area (Å²) in [4.78, 5) is 9.80. The van der Waals surface area contributed by atoms with Gasteiger partial charge in [0.15, 0.2) is 0 Å². The Hall–Kier alpha value is -0.530. The lowest BCUT2D eigenvalue weighted by molar-refractivity contribution is 0.116. The fourth-order valence-electron chi connectivity index (χ4n) is 3.81. The molecule has 130 valence electrons. The quantitative estimate of drug-likeness (QED) is 0.826. The van der Waals surface area contributed by atoms with E-state index in [0.717, 1.165) is 37.6 Å². The summed E-state index contributed by atoms with van der Waals surface area (Å²) in [5.74, 6) is 0. The molecule has 1 aromatic rings. The maximum Gasteiger partial charge on any atom is 0.122 e. The van der Waals surface area contributed by atoms with E-state index in [9.17, 15) is 5.11 Å². The minimum atomic E-state index is 0.0815. The van der Waals surface area contributed by atoms with Crippen molar-refractivity contribution in [2.75, 3.05) is 33.4 Å². The summed E-state index contributed by atoms with van der Waals surface area (Å²) in [5, 5.41) is 12.8. The number of likely N-dealkylation sites (tertiary alicyclic amines) is 2. The van der Waals surface area contributed by atoms with E-state index in [4.69, 9.17) is 9.72 Å². The second-order valence-corrected chi connectivity index (χ2v) is 7.68. The molecule has 2 aliphatic heterocycles. The van der Waals surface area contributed by atoms with Crippen molar-refractivity contribution in [2.24, 2.45) is 0 Å². The van der Waals surface area contributed by atoms with Crippen LogP contribution in [-0.4, -0.2) is 65.3 Å². The van der Waals surface area contributed by atoms with Gasteiger partial charge in [-0.3, -0.25) is 9.80 Å². The molecule has 2 saturated heterocycles. The average molecular weight is 340 g/mol. The van der Waals surface area contributed by atoms with Crippen LogP contribution in [0, 0.1) is 0 Å². The predicted octanol–water partition coefficient (Wildman–Crippen LogP) is 2.27. The van der Waals surface area contributed by atoms with Crippen molar-refractivity contribution in [1.82, 2.24) is 14.8 Å². The van der Waals surface area contributed by atoms with Crippen molar-refractivity contribution in [1.29, 1.82) is 0 Å². The normalized spacial score (nSPS) is 27.8. The molecule has 3 atom stereocenters. The molecule has 0 aliphatic carbocycles. The molecule has 0 spiro atoms. The van der Waals surface area contributed by atoms with Crippen LogP contribution in [-0.2, 0) is 11.3 Å². The van der Waals surface area contributed by atoms with Gasteiger partial charge in [-0.25, -0.2) is 4.98 Å². The molecule has 0 bridgehead atoms. The molecule has 6 heteroatoms. The van der Waals surface area contributed by atoms with E-state index < -0.39 is 0 Å². The molecule has 0 aromatic carbocycles. The summed E-state index contributed by atoms with van der Waals surface area (Å²) in [5.41, 5.74) is 1.17. The van der Waals surface area contributed by atoms with Crippen LogP contribution in [0.25, 0.3) is 0 Å². The summed E-state index contributed by atoms with van der Waals surface area (Å²) in [7, 11) is 1.73. The Bertz CT molecular complexity index is 496. The number of nitrogens with zero attached hydrogens (tertiary/aromatic N) is 3. The second kappa shape index (κ2) is 8.03. The highest BCUT2D eigenvalue weighted by molar-refractivity contribution is 7.09. The van der Waals surface area contributed by atoms with Crippen LogP contribution in [0.2, 0.25) is 0 Å². The summed E-state index contributed by atoms with van der Waals surface area (Å²) in [6, 6.07) is 0.984.